The van der Waals surface area contributed by atoms with Crippen LogP contribution in [-0.2, 0) is 19.3 Å². The number of aromatic nitrogens is 4. The van der Waals surface area contributed by atoms with Crippen LogP contribution in [0.3, 0.4) is 0 Å². The molecule has 0 saturated heterocycles. The molecule has 0 fully saturated rings. The van der Waals surface area contributed by atoms with Crippen LogP contribution in [0.5, 0.6) is 0 Å². The molecule has 2 heterocycles. The fourth-order valence-electron chi connectivity index (χ4n) is 3.30. The van der Waals surface area contributed by atoms with E-state index in [-0.39, 0.29) is 12.2 Å². The Kier molecular flexibility index (Phi) is 5.81. The van der Waals surface area contributed by atoms with E-state index < -0.39 is 23.3 Å². The number of aryl methyl sites for hydroxylation is 1. The number of hydrogen-bond donors (Lipinski definition) is 1. The van der Waals surface area contributed by atoms with Gasteiger partial charge in [0.05, 0.1) is 23.8 Å². The first-order chi connectivity index (χ1) is 15.3. The van der Waals surface area contributed by atoms with E-state index in [9.17, 15) is 18.0 Å². The molecule has 0 aliphatic heterocycles. The second-order valence-corrected chi connectivity index (χ2v) is 7.39. The number of rotatable bonds is 6. The van der Waals surface area contributed by atoms with Gasteiger partial charge in [-0.25, -0.2) is 9.67 Å². The first kappa shape index (κ1) is 21.4. The fourth-order valence-corrected chi connectivity index (χ4v) is 3.30. The maximum absolute atomic E-state index is 13.8. The van der Waals surface area contributed by atoms with E-state index in [1.807, 2.05) is 42.0 Å². The molecule has 6 nitrogen and oxygen atoms in total. The highest BCUT2D eigenvalue weighted by molar-refractivity contribution is 5.95. The van der Waals surface area contributed by atoms with E-state index in [2.05, 4.69) is 15.4 Å². The van der Waals surface area contributed by atoms with Gasteiger partial charge in [-0.15, -0.1) is 0 Å². The van der Waals surface area contributed by atoms with Gasteiger partial charge in [-0.2, -0.15) is 18.3 Å². The first-order valence-electron chi connectivity index (χ1n) is 9.85. The Balaban J connectivity index is 1.49. The number of alkyl halides is 3. The lowest BCUT2D eigenvalue weighted by Crippen LogP contribution is -2.26. The summed E-state index contributed by atoms with van der Waals surface area (Å²) in [7, 11) is 0. The van der Waals surface area contributed by atoms with Gasteiger partial charge in [-0.3, -0.25) is 4.79 Å². The lowest BCUT2D eigenvalue weighted by atomic mass is 10.1. The van der Waals surface area contributed by atoms with Crippen molar-refractivity contribution in [2.24, 2.45) is 0 Å². The van der Waals surface area contributed by atoms with Crippen molar-refractivity contribution < 1.29 is 18.0 Å². The van der Waals surface area contributed by atoms with Gasteiger partial charge in [0, 0.05) is 25.5 Å². The van der Waals surface area contributed by atoms with Crippen molar-refractivity contribution >= 4 is 5.91 Å². The molecule has 0 aliphatic rings. The Bertz CT molecular complexity index is 1190. The molecule has 0 radical (unpaired) electrons. The molecule has 4 rings (SSSR count). The first-order valence-corrected chi connectivity index (χ1v) is 9.85. The molecule has 9 heteroatoms. The van der Waals surface area contributed by atoms with Gasteiger partial charge in [-0.05, 0) is 30.2 Å². The summed E-state index contributed by atoms with van der Waals surface area (Å²) in [4.78, 5) is 16.6. The van der Waals surface area contributed by atoms with Crippen LogP contribution in [0.2, 0.25) is 0 Å². The Labute approximate surface area is 182 Å². The number of carbonyl (C=O) groups excluding carboxylic acids is 1. The maximum atomic E-state index is 13.8. The quantitative estimate of drug-likeness (QED) is 0.485. The summed E-state index contributed by atoms with van der Waals surface area (Å²) in [6.45, 7) is 2.58. The summed E-state index contributed by atoms with van der Waals surface area (Å²) >= 11 is 0. The lowest BCUT2D eigenvalue weighted by molar-refractivity contribution is -0.143. The topological polar surface area (TPSA) is 64.7 Å². The zero-order chi connectivity index (χ0) is 22.7. The number of amides is 1. The number of benzene rings is 2. The third kappa shape index (κ3) is 4.72. The van der Waals surface area contributed by atoms with Crippen LogP contribution in [0, 0.1) is 6.92 Å². The van der Waals surface area contributed by atoms with Gasteiger partial charge >= 0.3 is 6.18 Å². The van der Waals surface area contributed by atoms with Gasteiger partial charge < -0.3 is 9.88 Å². The minimum atomic E-state index is -4.75. The molecule has 2 aromatic carbocycles. The molecule has 2 aromatic heterocycles. The van der Waals surface area contributed by atoms with Crippen molar-refractivity contribution in [3.05, 3.63) is 101 Å². The highest BCUT2D eigenvalue weighted by Gasteiger charge is 2.40. The van der Waals surface area contributed by atoms with Gasteiger partial charge in [0.25, 0.3) is 5.91 Å². The van der Waals surface area contributed by atoms with Crippen molar-refractivity contribution in [1.82, 2.24) is 24.6 Å². The summed E-state index contributed by atoms with van der Waals surface area (Å²) in [5, 5.41) is 6.39. The predicted molar refractivity (Wildman–Crippen MR) is 112 cm³/mol. The van der Waals surface area contributed by atoms with Crippen LogP contribution >= 0.6 is 0 Å². The molecule has 164 valence electrons. The molecular weight excluding hydrogens is 419 g/mol. The van der Waals surface area contributed by atoms with E-state index in [0.717, 1.165) is 27.6 Å². The van der Waals surface area contributed by atoms with Gasteiger partial charge in [0.1, 0.15) is 0 Å². The number of hydrogen-bond acceptors (Lipinski definition) is 3. The minimum Gasteiger partial charge on any atom is -0.348 e. The molecular formula is C23H20F3N5O. The van der Waals surface area contributed by atoms with Crippen molar-refractivity contribution in [3.63, 3.8) is 0 Å². The molecule has 0 atom stereocenters. The number of carbonyl (C=O) groups is 1. The Morgan fingerprint density at radius 3 is 2.34 bits per heavy atom. The second-order valence-electron chi connectivity index (χ2n) is 7.39. The van der Waals surface area contributed by atoms with E-state index >= 15 is 0 Å². The molecule has 0 unspecified atom stereocenters. The highest BCUT2D eigenvalue weighted by atomic mass is 19.4. The predicted octanol–water partition coefficient (Wildman–Crippen LogP) is 4.37. The standard InChI is InChI=1S/C23H20F3N5O/c1-16-2-8-19(9-3-16)31-21(23(24,25)26)20(13-29-31)22(32)28-12-17-4-6-18(7-5-17)14-30-11-10-27-15-30/h2-11,13,15H,12,14H2,1H3,(H,28,32). The molecule has 0 bridgehead atoms. The number of halogens is 3. The molecule has 32 heavy (non-hydrogen) atoms. The minimum absolute atomic E-state index is 0.0944. The summed E-state index contributed by atoms with van der Waals surface area (Å²) in [6.07, 6.45) is 1.46. The van der Waals surface area contributed by atoms with Crippen molar-refractivity contribution in [2.45, 2.75) is 26.2 Å². The number of nitrogens with one attached hydrogen (secondary N) is 1. The largest absolute Gasteiger partial charge is 0.434 e. The average molecular weight is 439 g/mol. The van der Waals surface area contributed by atoms with Crippen LogP contribution in [-0.4, -0.2) is 25.2 Å². The molecule has 1 amide bonds. The van der Waals surface area contributed by atoms with E-state index in [0.29, 0.717) is 6.54 Å². The molecule has 0 aliphatic carbocycles. The smallest absolute Gasteiger partial charge is 0.348 e. The Morgan fingerprint density at radius 2 is 1.72 bits per heavy atom. The molecule has 4 aromatic rings. The Hall–Kier alpha value is -3.88. The number of imidazole rings is 1. The van der Waals surface area contributed by atoms with Crippen molar-refractivity contribution in [3.8, 4) is 5.69 Å². The van der Waals surface area contributed by atoms with Crippen LogP contribution < -0.4 is 5.32 Å². The van der Waals surface area contributed by atoms with Crippen LogP contribution in [0.1, 0.15) is 32.7 Å². The van der Waals surface area contributed by atoms with E-state index in [4.69, 9.17) is 0 Å². The third-order valence-electron chi connectivity index (χ3n) is 4.96. The normalized spacial score (nSPS) is 11.5. The molecule has 0 spiro atoms. The van der Waals surface area contributed by atoms with Gasteiger partial charge in [0.15, 0.2) is 5.69 Å². The Morgan fingerprint density at radius 1 is 1.03 bits per heavy atom. The zero-order valence-electron chi connectivity index (χ0n) is 17.2. The maximum Gasteiger partial charge on any atom is 0.434 e. The average Bonchev–Trinajstić information content (AvgIpc) is 3.43. The van der Waals surface area contributed by atoms with E-state index in [1.165, 1.54) is 12.1 Å². The molecule has 1 N–H and O–H groups in total. The zero-order valence-corrected chi connectivity index (χ0v) is 17.2. The monoisotopic (exact) mass is 439 g/mol. The SMILES string of the molecule is Cc1ccc(-n2ncc(C(=O)NCc3ccc(Cn4ccnc4)cc3)c2C(F)(F)F)cc1. The van der Waals surface area contributed by atoms with Crippen LogP contribution in [0.4, 0.5) is 13.2 Å². The van der Waals surface area contributed by atoms with E-state index in [1.54, 1.807) is 24.7 Å². The fraction of sp³-hybridized carbons (Fsp3) is 0.174. The summed E-state index contributed by atoms with van der Waals surface area (Å²) in [5.41, 5.74) is 1.33. The second kappa shape index (κ2) is 8.70. The summed E-state index contributed by atoms with van der Waals surface area (Å²) in [6, 6.07) is 13.9. The van der Waals surface area contributed by atoms with Crippen LogP contribution in [0.25, 0.3) is 5.69 Å². The summed E-state index contributed by atoms with van der Waals surface area (Å²) in [5.74, 6) is -0.835. The summed E-state index contributed by atoms with van der Waals surface area (Å²) < 4.78 is 44.0. The molecule has 0 saturated carbocycles. The van der Waals surface area contributed by atoms with Gasteiger partial charge in [-0.1, -0.05) is 42.0 Å². The third-order valence-corrected chi connectivity index (χ3v) is 4.96. The van der Waals surface area contributed by atoms with Crippen LogP contribution in [0.15, 0.2) is 73.4 Å². The van der Waals surface area contributed by atoms with Gasteiger partial charge in [0.2, 0.25) is 0 Å². The number of nitrogens with zero attached hydrogens (tertiary/aromatic N) is 4. The van der Waals surface area contributed by atoms with Crippen molar-refractivity contribution in [2.75, 3.05) is 0 Å². The van der Waals surface area contributed by atoms with Crippen molar-refractivity contribution in [1.29, 1.82) is 0 Å². The lowest BCUT2D eigenvalue weighted by Gasteiger charge is -2.13. The highest BCUT2D eigenvalue weighted by Crippen LogP contribution is 2.33.